The Morgan fingerprint density at radius 3 is 2.42 bits per heavy atom. The molecule has 10 heteroatoms. The largest absolute Gasteiger partial charge is 0.485 e. The number of hydrogen-bond donors (Lipinski definition) is 1. The molecule has 0 spiro atoms. The molecular formula is C14H17F3N2O5. The first-order valence-corrected chi connectivity index (χ1v) is 6.85. The molecule has 1 rings (SSSR count). The lowest BCUT2D eigenvalue weighted by Gasteiger charge is -2.19. The lowest BCUT2D eigenvalue weighted by Crippen LogP contribution is -2.34. The number of hydrogen-bond acceptors (Lipinski definition) is 5. The van der Waals surface area contributed by atoms with Gasteiger partial charge in [0.2, 0.25) is 0 Å². The van der Waals surface area contributed by atoms with Crippen LogP contribution in [-0.4, -0.2) is 29.8 Å². The van der Waals surface area contributed by atoms with Crippen molar-refractivity contribution in [2.24, 2.45) is 0 Å². The summed E-state index contributed by atoms with van der Waals surface area (Å²) in [6.07, 6.45) is -5.39. The Bertz CT molecular complexity index is 611. The molecule has 0 aromatic heterocycles. The number of amides is 1. The van der Waals surface area contributed by atoms with E-state index in [2.05, 4.69) is 5.32 Å². The van der Waals surface area contributed by atoms with Crippen LogP contribution in [-0.2, 0) is 10.9 Å². The molecule has 1 N–H and O–H groups in total. The molecule has 24 heavy (non-hydrogen) atoms. The summed E-state index contributed by atoms with van der Waals surface area (Å²) in [5.41, 5.74) is -2.63. The number of rotatable bonds is 5. The molecule has 134 valence electrons. The highest BCUT2D eigenvalue weighted by Gasteiger charge is 2.33. The molecule has 0 bridgehead atoms. The van der Waals surface area contributed by atoms with E-state index < -0.39 is 34.0 Å². The predicted octanol–water partition coefficient (Wildman–Crippen LogP) is 3.52. The third-order valence-corrected chi connectivity index (χ3v) is 2.51. The van der Waals surface area contributed by atoms with Crippen LogP contribution < -0.4 is 10.1 Å². The van der Waals surface area contributed by atoms with Gasteiger partial charge in [-0.25, -0.2) is 4.79 Å². The fourth-order valence-electron chi connectivity index (χ4n) is 1.59. The molecule has 1 aromatic carbocycles. The van der Waals surface area contributed by atoms with E-state index in [1.807, 2.05) is 0 Å². The molecule has 0 radical (unpaired) electrons. The SMILES string of the molecule is CC(C)(C)OC(=O)NCCOc1ccc(C(F)(F)F)cc1[N+](=O)[O-]. The number of benzene rings is 1. The van der Waals surface area contributed by atoms with Crippen LogP contribution in [0, 0.1) is 10.1 Å². The van der Waals surface area contributed by atoms with Gasteiger partial charge in [0.15, 0.2) is 5.75 Å². The van der Waals surface area contributed by atoms with E-state index in [0.717, 1.165) is 6.07 Å². The average Bonchev–Trinajstić information content (AvgIpc) is 2.40. The Balaban J connectivity index is 2.65. The maximum atomic E-state index is 12.6. The summed E-state index contributed by atoms with van der Waals surface area (Å²) in [6.45, 7) is 4.82. The van der Waals surface area contributed by atoms with Gasteiger partial charge in [0.25, 0.3) is 0 Å². The summed E-state index contributed by atoms with van der Waals surface area (Å²) in [5, 5.41) is 13.2. The Morgan fingerprint density at radius 1 is 1.29 bits per heavy atom. The summed E-state index contributed by atoms with van der Waals surface area (Å²) < 4.78 is 47.7. The van der Waals surface area contributed by atoms with Crippen LogP contribution >= 0.6 is 0 Å². The molecule has 1 aromatic rings. The quantitative estimate of drug-likeness (QED) is 0.498. The van der Waals surface area contributed by atoms with Gasteiger partial charge in [0.05, 0.1) is 17.0 Å². The van der Waals surface area contributed by atoms with Crippen LogP contribution in [0.4, 0.5) is 23.7 Å². The third kappa shape index (κ3) is 6.31. The van der Waals surface area contributed by atoms with Gasteiger partial charge in [-0.05, 0) is 32.9 Å². The highest BCUT2D eigenvalue weighted by Crippen LogP contribution is 2.35. The first-order valence-electron chi connectivity index (χ1n) is 6.85. The Kier molecular flexibility index (Phi) is 5.99. The number of nitro groups is 1. The summed E-state index contributed by atoms with van der Waals surface area (Å²) in [7, 11) is 0. The molecule has 0 aliphatic heterocycles. The van der Waals surface area contributed by atoms with E-state index in [0.29, 0.717) is 12.1 Å². The predicted molar refractivity (Wildman–Crippen MR) is 77.8 cm³/mol. The minimum atomic E-state index is -4.69. The van der Waals surface area contributed by atoms with Crippen molar-refractivity contribution in [1.82, 2.24) is 5.32 Å². The van der Waals surface area contributed by atoms with Crippen molar-refractivity contribution < 1.29 is 32.4 Å². The third-order valence-electron chi connectivity index (χ3n) is 2.51. The number of halogens is 3. The lowest BCUT2D eigenvalue weighted by atomic mass is 10.2. The topological polar surface area (TPSA) is 90.7 Å². The molecule has 0 atom stereocenters. The van der Waals surface area contributed by atoms with Gasteiger partial charge in [0.1, 0.15) is 12.2 Å². The van der Waals surface area contributed by atoms with Crippen LogP contribution in [0.1, 0.15) is 26.3 Å². The Labute approximate surface area is 135 Å². The van der Waals surface area contributed by atoms with E-state index in [1.165, 1.54) is 0 Å². The minimum Gasteiger partial charge on any atom is -0.485 e. The second-order valence-corrected chi connectivity index (χ2v) is 5.71. The number of carbonyl (C=O) groups excluding carboxylic acids is 1. The van der Waals surface area contributed by atoms with Gasteiger partial charge >= 0.3 is 18.0 Å². The van der Waals surface area contributed by atoms with Crippen LogP contribution in [0.25, 0.3) is 0 Å². The van der Waals surface area contributed by atoms with Crippen molar-refractivity contribution in [3.05, 3.63) is 33.9 Å². The Morgan fingerprint density at radius 2 is 1.92 bits per heavy atom. The van der Waals surface area contributed by atoms with Crippen molar-refractivity contribution in [3.63, 3.8) is 0 Å². The summed E-state index contributed by atoms with van der Waals surface area (Å²) in [4.78, 5) is 21.3. The number of nitrogens with one attached hydrogen (secondary N) is 1. The molecular weight excluding hydrogens is 333 g/mol. The molecule has 0 heterocycles. The molecule has 0 saturated carbocycles. The molecule has 0 saturated heterocycles. The van der Waals surface area contributed by atoms with Crippen LogP contribution in [0.2, 0.25) is 0 Å². The molecule has 0 unspecified atom stereocenters. The summed E-state index contributed by atoms with van der Waals surface area (Å²) >= 11 is 0. The molecule has 0 aliphatic carbocycles. The number of alkyl carbamates (subject to hydrolysis) is 1. The Hall–Kier alpha value is -2.52. The normalized spacial score (nSPS) is 11.8. The molecule has 0 fully saturated rings. The van der Waals surface area contributed by atoms with Crippen molar-refractivity contribution in [3.8, 4) is 5.75 Å². The number of nitro benzene ring substituents is 1. The first kappa shape index (κ1) is 19.5. The smallest absolute Gasteiger partial charge is 0.416 e. The summed E-state index contributed by atoms with van der Waals surface area (Å²) in [5.74, 6) is -0.320. The van der Waals surface area contributed by atoms with Crippen molar-refractivity contribution >= 4 is 11.8 Å². The number of ether oxygens (including phenoxy) is 2. The molecule has 1 amide bonds. The zero-order valence-electron chi connectivity index (χ0n) is 13.3. The van der Waals surface area contributed by atoms with Gasteiger partial charge in [-0.1, -0.05) is 0 Å². The van der Waals surface area contributed by atoms with E-state index in [9.17, 15) is 28.1 Å². The fourth-order valence-corrected chi connectivity index (χ4v) is 1.59. The van der Waals surface area contributed by atoms with Crippen LogP contribution in [0.3, 0.4) is 0 Å². The number of nitrogens with zero attached hydrogens (tertiary/aromatic N) is 1. The van der Waals surface area contributed by atoms with Crippen LogP contribution in [0.15, 0.2) is 18.2 Å². The second kappa shape index (κ2) is 7.37. The lowest BCUT2D eigenvalue weighted by molar-refractivity contribution is -0.386. The monoisotopic (exact) mass is 350 g/mol. The molecule has 0 aliphatic rings. The van der Waals surface area contributed by atoms with Crippen LogP contribution in [0.5, 0.6) is 5.75 Å². The summed E-state index contributed by atoms with van der Waals surface area (Å²) in [6, 6.07) is 1.95. The van der Waals surface area contributed by atoms with E-state index in [1.54, 1.807) is 20.8 Å². The minimum absolute atomic E-state index is 0.0346. The van der Waals surface area contributed by atoms with Gasteiger partial charge < -0.3 is 14.8 Å². The zero-order chi connectivity index (χ0) is 18.5. The second-order valence-electron chi connectivity index (χ2n) is 5.71. The van der Waals surface area contributed by atoms with E-state index >= 15 is 0 Å². The standard InChI is InChI=1S/C14H17F3N2O5/c1-13(2,3)24-12(20)18-6-7-23-11-5-4-9(14(15,16)17)8-10(11)19(21)22/h4-5,8H,6-7H2,1-3H3,(H,18,20). The van der Waals surface area contributed by atoms with E-state index in [4.69, 9.17) is 9.47 Å². The van der Waals surface area contributed by atoms with Crippen molar-refractivity contribution in [2.75, 3.05) is 13.2 Å². The molecule has 7 nitrogen and oxygen atoms in total. The van der Waals surface area contributed by atoms with Crippen molar-refractivity contribution in [1.29, 1.82) is 0 Å². The van der Waals surface area contributed by atoms with Gasteiger partial charge in [0, 0.05) is 6.07 Å². The van der Waals surface area contributed by atoms with Gasteiger partial charge in [-0.15, -0.1) is 0 Å². The van der Waals surface area contributed by atoms with Crippen molar-refractivity contribution in [2.45, 2.75) is 32.5 Å². The number of alkyl halides is 3. The maximum absolute atomic E-state index is 12.6. The first-order chi connectivity index (χ1) is 10.9. The highest BCUT2D eigenvalue weighted by molar-refractivity contribution is 5.67. The number of carbonyl (C=O) groups is 1. The van der Waals surface area contributed by atoms with E-state index in [-0.39, 0.29) is 18.9 Å². The van der Waals surface area contributed by atoms with Gasteiger partial charge in [-0.3, -0.25) is 10.1 Å². The fraction of sp³-hybridized carbons (Fsp3) is 0.500. The maximum Gasteiger partial charge on any atom is 0.416 e. The van der Waals surface area contributed by atoms with Gasteiger partial charge in [-0.2, -0.15) is 13.2 Å². The highest BCUT2D eigenvalue weighted by atomic mass is 19.4. The zero-order valence-corrected chi connectivity index (χ0v) is 13.3. The average molecular weight is 350 g/mol.